The van der Waals surface area contributed by atoms with Crippen LogP contribution in [-0.4, -0.2) is 92.6 Å². The molecular weight excluding hydrogens is 671 g/mol. The first kappa shape index (κ1) is 33.7. The molecule has 3 aromatic heterocycles. The van der Waals surface area contributed by atoms with Gasteiger partial charge in [0.2, 0.25) is 11.8 Å². The van der Waals surface area contributed by atoms with E-state index in [0.29, 0.717) is 59.8 Å². The van der Waals surface area contributed by atoms with Crippen molar-refractivity contribution in [3.63, 3.8) is 0 Å². The first-order valence-electron chi connectivity index (χ1n) is 17.7. The third-order valence-corrected chi connectivity index (χ3v) is 12.0. The molecule has 3 atom stereocenters. The number of ether oxygens (including phenoxy) is 2. The maximum atomic E-state index is 17.1. The molecule has 4 aromatic rings. The van der Waals surface area contributed by atoms with Crippen LogP contribution in [0, 0.1) is 24.1 Å². The number of anilines is 1. The predicted octanol–water partition coefficient (Wildman–Crippen LogP) is 7.09. The predicted molar refractivity (Wildman–Crippen MR) is 185 cm³/mol. The summed E-state index contributed by atoms with van der Waals surface area (Å²) in [7, 11) is 1.47. The number of hydrogen-bond donors (Lipinski definition) is 2. The Kier molecular flexibility index (Phi) is 8.34. The number of nitrogens with one attached hydrogen (secondary N) is 1. The molecule has 4 fully saturated rings. The zero-order valence-corrected chi connectivity index (χ0v) is 29.4. The fourth-order valence-corrected chi connectivity index (χ4v) is 9.47. The third-order valence-electron chi connectivity index (χ3n) is 11.6. The molecule has 268 valence electrons. The number of hydrogen-bond acceptors (Lipinski definition) is 9. The standard InChI is InChI=1S/C36H43ClF3N7O3/c1-20-13-23-22(16-41-45-23)25(27(20)37)29-28(38)30-26(32(42-29)49-3)31(47-12-5-8-34(2,48)18-47)44-33(43-30)50-19-35-9-4-7-24(35)46(11-6-10-35)17-21-14-36(39,40)15-21/h13,16,21,24,48H,4-12,14-15,17-19H2,1-3H3,(H,41,45)/t24-,34-,35-/m1/s1. The summed E-state index contributed by atoms with van der Waals surface area (Å²) in [5.41, 5.74) is 0.555. The highest BCUT2D eigenvalue weighted by atomic mass is 35.5. The number of alkyl halides is 2. The minimum absolute atomic E-state index is 0.0152. The number of piperidine rings is 2. The van der Waals surface area contributed by atoms with E-state index < -0.39 is 17.3 Å². The molecule has 2 aliphatic carbocycles. The lowest BCUT2D eigenvalue weighted by molar-refractivity contribution is -0.124. The van der Waals surface area contributed by atoms with Gasteiger partial charge in [-0.15, -0.1) is 0 Å². The Balaban J connectivity index is 1.21. The first-order valence-corrected chi connectivity index (χ1v) is 18.0. The number of H-pyrrole nitrogens is 1. The van der Waals surface area contributed by atoms with Crippen LogP contribution in [-0.2, 0) is 0 Å². The Bertz CT molecular complexity index is 1950. The van der Waals surface area contributed by atoms with Crippen molar-refractivity contribution in [2.45, 2.75) is 89.2 Å². The van der Waals surface area contributed by atoms with Crippen LogP contribution in [0.5, 0.6) is 11.9 Å². The van der Waals surface area contributed by atoms with Crippen molar-refractivity contribution in [1.29, 1.82) is 0 Å². The summed E-state index contributed by atoms with van der Waals surface area (Å²) in [6.45, 7) is 6.36. The average Bonchev–Trinajstić information content (AvgIpc) is 3.71. The van der Waals surface area contributed by atoms with E-state index in [1.54, 1.807) is 13.1 Å². The van der Waals surface area contributed by atoms with Gasteiger partial charge in [-0.1, -0.05) is 18.0 Å². The van der Waals surface area contributed by atoms with Gasteiger partial charge in [-0.2, -0.15) is 15.1 Å². The number of aryl methyl sites for hydroxylation is 1. The number of methoxy groups -OCH3 is 1. The monoisotopic (exact) mass is 713 g/mol. The minimum Gasteiger partial charge on any atom is -0.480 e. The maximum absolute atomic E-state index is 17.1. The quantitative estimate of drug-likeness (QED) is 0.198. The number of benzene rings is 1. The van der Waals surface area contributed by atoms with E-state index in [9.17, 15) is 13.9 Å². The second kappa shape index (κ2) is 12.4. The van der Waals surface area contributed by atoms with E-state index in [0.717, 1.165) is 44.2 Å². The number of likely N-dealkylation sites (tertiary alicyclic amines) is 1. The highest BCUT2D eigenvalue weighted by Crippen LogP contribution is 2.50. The Morgan fingerprint density at radius 3 is 2.64 bits per heavy atom. The topological polar surface area (TPSA) is 113 Å². The van der Waals surface area contributed by atoms with Gasteiger partial charge in [0.05, 0.1) is 36.1 Å². The van der Waals surface area contributed by atoms with Crippen LogP contribution >= 0.6 is 11.6 Å². The minimum atomic E-state index is -2.54. The van der Waals surface area contributed by atoms with Crippen LogP contribution in [0.4, 0.5) is 19.0 Å². The number of β-amino-alcohol motifs (C(OH)–C–C–N with tert-alkyl or cyclic N) is 1. The second-order valence-corrected chi connectivity index (χ2v) is 15.7. The van der Waals surface area contributed by atoms with Crippen molar-refractivity contribution in [3.05, 3.63) is 28.7 Å². The van der Waals surface area contributed by atoms with Crippen LogP contribution in [0.2, 0.25) is 5.02 Å². The summed E-state index contributed by atoms with van der Waals surface area (Å²) in [6, 6.07) is 2.09. The van der Waals surface area contributed by atoms with Gasteiger partial charge in [0.15, 0.2) is 5.82 Å². The molecule has 4 aliphatic rings. The van der Waals surface area contributed by atoms with Crippen LogP contribution in [0.3, 0.4) is 0 Å². The molecule has 50 heavy (non-hydrogen) atoms. The van der Waals surface area contributed by atoms with Gasteiger partial charge in [0, 0.05) is 54.9 Å². The molecule has 0 radical (unpaired) electrons. The van der Waals surface area contributed by atoms with Gasteiger partial charge in [-0.3, -0.25) is 10.00 Å². The van der Waals surface area contributed by atoms with E-state index in [4.69, 9.17) is 31.0 Å². The van der Waals surface area contributed by atoms with Gasteiger partial charge < -0.3 is 19.5 Å². The van der Waals surface area contributed by atoms with Crippen LogP contribution < -0.4 is 14.4 Å². The van der Waals surface area contributed by atoms with Crippen molar-refractivity contribution in [1.82, 2.24) is 30.0 Å². The Morgan fingerprint density at radius 2 is 1.88 bits per heavy atom. The van der Waals surface area contributed by atoms with Gasteiger partial charge in [0.25, 0.3) is 0 Å². The summed E-state index contributed by atoms with van der Waals surface area (Å²) in [4.78, 5) is 18.6. The molecule has 2 N–H and O–H groups in total. The lowest BCUT2D eigenvalue weighted by Gasteiger charge is -2.48. The largest absolute Gasteiger partial charge is 0.480 e. The molecule has 2 aliphatic heterocycles. The SMILES string of the molecule is COc1nc(-c2c(Cl)c(C)cc3[nH]ncc23)c(F)c2nc(OC[C@]34CCC[C@H]3N(CC3CC(F)(F)C3)CCC4)nc(N3CCC[C@@](C)(O)C3)c12. The molecule has 2 saturated heterocycles. The Morgan fingerprint density at radius 1 is 1.10 bits per heavy atom. The van der Waals surface area contributed by atoms with Crippen molar-refractivity contribution >= 4 is 39.2 Å². The first-order chi connectivity index (χ1) is 23.9. The highest BCUT2D eigenvalue weighted by Gasteiger charge is 2.51. The molecule has 1 aromatic carbocycles. The number of aromatic amines is 1. The fourth-order valence-electron chi connectivity index (χ4n) is 9.23. The number of halogens is 4. The molecule has 5 heterocycles. The number of pyridine rings is 1. The fraction of sp³-hybridized carbons (Fsp3) is 0.611. The Hall–Kier alpha value is -3.42. The molecule has 14 heteroatoms. The molecule has 0 spiro atoms. The van der Waals surface area contributed by atoms with Gasteiger partial charge >= 0.3 is 6.01 Å². The molecule has 2 saturated carbocycles. The average molecular weight is 714 g/mol. The molecule has 10 nitrogen and oxygen atoms in total. The third kappa shape index (κ3) is 5.82. The van der Waals surface area contributed by atoms with Crippen molar-refractivity contribution in [2.24, 2.45) is 11.3 Å². The molecular formula is C36H43ClF3N7O3. The van der Waals surface area contributed by atoms with E-state index in [1.807, 2.05) is 17.9 Å². The maximum Gasteiger partial charge on any atom is 0.319 e. The summed E-state index contributed by atoms with van der Waals surface area (Å²) < 4.78 is 56.8. The highest BCUT2D eigenvalue weighted by molar-refractivity contribution is 6.35. The summed E-state index contributed by atoms with van der Waals surface area (Å²) in [5.74, 6) is -2.73. The molecule has 8 rings (SSSR count). The van der Waals surface area contributed by atoms with Crippen LogP contribution in [0.15, 0.2) is 12.3 Å². The second-order valence-electron chi connectivity index (χ2n) is 15.4. The number of aromatic nitrogens is 5. The van der Waals surface area contributed by atoms with Crippen LogP contribution in [0.1, 0.15) is 70.3 Å². The van der Waals surface area contributed by atoms with Gasteiger partial charge in [-0.05, 0) is 76.5 Å². The van der Waals surface area contributed by atoms with Crippen molar-refractivity contribution in [3.8, 4) is 23.1 Å². The lowest BCUT2D eigenvalue weighted by Crippen LogP contribution is -2.55. The zero-order chi connectivity index (χ0) is 35.0. The van der Waals surface area contributed by atoms with Crippen LogP contribution in [0.25, 0.3) is 33.1 Å². The molecule has 0 amide bonds. The Labute approximate surface area is 293 Å². The number of fused-ring (bicyclic) bond motifs is 3. The summed E-state index contributed by atoms with van der Waals surface area (Å²) >= 11 is 6.83. The number of nitrogens with zero attached hydrogens (tertiary/aromatic N) is 6. The summed E-state index contributed by atoms with van der Waals surface area (Å²) in [5, 5.41) is 19.4. The van der Waals surface area contributed by atoms with Crippen molar-refractivity contribution in [2.75, 3.05) is 44.8 Å². The number of rotatable bonds is 8. The summed E-state index contributed by atoms with van der Waals surface area (Å²) in [6.07, 6.45) is 7.70. The zero-order valence-electron chi connectivity index (χ0n) is 28.7. The van der Waals surface area contributed by atoms with Gasteiger partial charge in [-0.25, -0.2) is 18.2 Å². The molecule has 0 bridgehead atoms. The normalized spacial score (nSPS) is 27.1. The van der Waals surface area contributed by atoms with E-state index in [-0.39, 0.29) is 65.2 Å². The smallest absolute Gasteiger partial charge is 0.319 e. The van der Waals surface area contributed by atoms with E-state index in [1.165, 1.54) is 7.11 Å². The molecule has 0 unspecified atom stereocenters. The van der Waals surface area contributed by atoms with Crippen molar-refractivity contribution < 1.29 is 27.8 Å². The van der Waals surface area contributed by atoms with E-state index >= 15 is 4.39 Å². The number of aliphatic hydroxyl groups is 1. The lowest BCUT2D eigenvalue weighted by atomic mass is 9.74. The van der Waals surface area contributed by atoms with E-state index in [2.05, 4.69) is 20.1 Å². The van der Waals surface area contributed by atoms with Gasteiger partial charge in [0.1, 0.15) is 22.4 Å².